The third-order valence-corrected chi connectivity index (χ3v) is 5.40. The van der Waals surface area contributed by atoms with Crippen molar-refractivity contribution >= 4 is 29.8 Å². The fraction of sp³-hybridized carbons (Fsp3) is 0.208. The van der Waals surface area contributed by atoms with E-state index in [0.29, 0.717) is 28.4 Å². The Morgan fingerprint density at radius 2 is 1.76 bits per heavy atom. The van der Waals surface area contributed by atoms with E-state index in [-0.39, 0.29) is 12.5 Å². The van der Waals surface area contributed by atoms with Crippen molar-refractivity contribution in [2.75, 3.05) is 13.7 Å². The van der Waals surface area contributed by atoms with Crippen LogP contribution in [0.5, 0.6) is 11.5 Å². The number of rotatable bonds is 10. The molecule has 0 radical (unpaired) electrons. The van der Waals surface area contributed by atoms with Crippen molar-refractivity contribution in [1.82, 2.24) is 15.4 Å². The monoisotopic (exact) mass is 479 g/mol. The summed E-state index contributed by atoms with van der Waals surface area (Å²) in [6.07, 6.45) is 1.48. The molecule has 2 aromatic carbocycles. The number of nitrogens with two attached hydrogens (primary N) is 1. The van der Waals surface area contributed by atoms with Crippen molar-refractivity contribution in [3.8, 4) is 11.5 Å². The normalized spacial score (nSPS) is 10.8. The molecular weight excluding hydrogens is 454 g/mol. The van der Waals surface area contributed by atoms with Gasteiger partial charge in [-0.25, -0.2) is 15.4 Å². The Bertz CT molecular complexity index is 1180. The van der Waals surface area contributed by atoms with Gasteiger partial charge in [-0.15, -0.1) is 0 Å². The molecule has 1 heterocycles. The maximum atomic E-state index is 12.4. The van der Waals surface area contributed by atoms with Gasteiger partial charge in [0.1, 0.15) is 0 Å². The Hall–Kier alpha value is -3.92. The fourth-order valence-corrected chi connectivity index (χ4v) is 3.83. The fourth-order valence-electron chi connectivity index (χ4n) is 2.92. The number of aryl methyl sites for hydroxylation is 2. The molecule has 0 fully saturated rings. The number of benzene rings is 2. The van der Waals surface area contributed by atoms with E-state index in [1.807, 2.05) is 32.0 Å². The Labute approximate surface area is 201 Å². The molecule has 2 amide bonds. The van der Waals surface area contributed by atoms with E-state index in [4.69, 9.17) is 15.2 Å². The van der Waals surface area contributed by atoms with Gasteiger partial charge in [0.25, 0.3) is 11.8 Å². The van der Waals surface area contributed by atoms with Gasteiger partial charge in [0.15, 0.2) is 23.3 Å². The summed E-state index contributed by atoms with van der Waals surface area (Å²) in [4.78, 5) is 32.1. The maximum absolute atomic E-state index is 12.4. The number of ether oxygens (including phenoxy) is 2. The van der Waals surface area contributed by atoms with Crippen molar-refractivity contribution < 1.29 is 19.1 Å². The van der Waals surface area contributed by atoms with Gasteiger partial charge in [0, 0.05) is 22.7 Å². The number of hydrogen-bond acceptors (Lipinski definition) is 8. The lowest BCUT2D eigenvalue weighted by Crippen LogP contribution is -2.20. The average molecular weight is 480 g/mol. The van der Waals surface area contributed by atoms with Crippen LogP contribution in [0, 0.1) is 13.8 Å². The number of amides is 2. The molecule has 0 unspecified atom stereocenters. The zero-order valence-electron chi connectivity index (χ0n) is 19.1. The molecule has 0 aliphatic heterocycles. The lowest BCUT2D eigenvalue weighted by atomic mass is 10.1. The highest BCUT2D eigenvalue weighted by Gasteiger charge is 2.08. The van der Waals surface area contributed by atoms with Crippen LogP contribution in [-0.4, -0.2) is 41.7 Å². The van der Waals surface area contributed by atoms with Crippen LogP contribution < -0.4 is 20.6 Å². The van der Waals surface area contributed by atoms with Crippen LogP contribution in [0.1, 0.15) is 32.9 Å². The Kier molecular flexibility index (Phi) is 8.58. The van der Waals surface area contributed by atoms with Crippen LogP contribution >= 0.6 is 11.8 Å². The summed E-state index contributed by atoms with van der Waals surface area (Å²) in [7, 11) is 1.48. The smallest absolute Gasteiger partial charge is 0.271 e. The third kappa shape index (κ3) is 7.31. The first kappa shape index (κ1) is 24.7. The largest absolute Gasteiger partial charge is 0.493 e. The van der Waals surface area contributed by atoms with Crippen LogP contribution in [0.4, 0.5) is 0 Å². The minimum absolute atomic E-state index is 0.253. The summed E-state index contributed by atoms with van der Waals surface area (Å²) in [5.74, 6) is 0.573. The minimum Gasteiger partial charge on any atom is -0.493 e. The van der Waals surface area contributed by atoms with Crippen LogP contribution in [0.25, 0.3) is 0 Å². The van der Waals surface area contributed by atoms with Gasteiger partial charge in [-0.2, -0.15) is 5.10 Å². The summed E-state index contributed by atoms with van der Waals surface area (Å²) < 4.78 is 10.5. The molecule has 0 atom stereocenters. The Morgan fingerprint density at radius 1 is 1.06 bits per heavy atom. The van der Waals surface area contributed by atoms with E-state index >= 15 is 0 Å². The Morgan fingerprint density at radius 3 is 2.41 bits per heavy atom. The average Bonchev–Trinajstić information content (AvgIpc) is 2.81. The van der Waals surface area contributed by atoms with Crippen LogP contribution in [-0.2, 0) is 10.5 Å². The van der Waals surface area contributed by atoms with Gasteiger partial charge in [-0.1, -0.05) is 23.9 Å². The number of carbonyl (C=O) groups excluding carboxylic acids is 2. The van der Waals surface area contributed by atoms with Gasteiger partial charge < -0.3 is 15.2 Å². The topological polar surface area (TPSA) is 129 Å². The molecule has 9 nitrogen and oxygen atoms in total. The number of primary amides is 1. The molecule has 0 bridgehead atoms. The maximum Gasteiger partial charge on any atom is 0.271 e. The number of nitrogens with one attached hydrogen (secondary N) is 1. The molecule has 176 valence electrons. The highest BCUT2D eigenvalue weighted by atomic mass is 32.2. The van der Waals surface area contributed by atoms with Gasteiger partial charge in [0.2, 0.25) is 0 Å². The first-order valence-corrected chi connectivity index (χ1v) is 11.3. The number of nitrogens with zero attached hydrogens (tertiary/aromatic N) is 3. The lowest BCUT2D eigenvalue weighted by molar-refractivity contribution is -0.119. The van der Waals surface area contributed by atoms with E-state index < -0.39 is 5.91 Å². The molecule has 3 N–H and O–H groups in total. The molecule has 0 aliphatic carbocycles. The molecule has 1 aromatic heterocycles. The zero-order valence-corrected chi connectivity index (χ0v) is 19.9. The molecule has 10 heteroatoms. The number of thioether (sulfide) groups is 1. The summed E-state index contributed by atoms with van der Waals surface area (Å²) in [6, 6.07) is 14.2. The SMILES string of the molecule is COc1cc(/C=N/NC(=O)c2ccc(CSc3nc(C)cc(C)n3)cc2)ccc1OCC(N)=O. The first-order valence-electron chi connectivity index (χ1n) is 10.3. The number of aromatic nitrogens is 2. The van der Waals surface area contributed by atoms with E-state index in [0.717, 1.165) is 22.1 Å². The predicted octanol–water partition coefficient (Wildman–Crippen LogP) is 3.02. The quantitative estimate of drug-likeness (QED) is 0.198. The van der Waals surface area contributed by atoms with E-state index in [9.17, 15) is 9.59 Å². The van der Waals surface area contributed by atoms with Gasteiger partial charge in [-0.05, 0) is 61.4 Å². The summed E-state index contributed by atoms with van der Waals surface area (Å²) in [5, 5.41) is 4.73. The van der Waals surface area contributed by atoms with Crippen LogP contribution in [0.2, 0.25) is 0 Å². The number of methoxy groups -OCH3 is 1. The second-order valence-electron chi connectivity index (χ2n) is 7.28. The highest BCUT2D eigenvalue weighted by molar-refractivity contribution is 7.98. The zero-order chi connectivity index (χ0) is 24.5. The van der Waals surface area contributed by atoms with E-state index in [1.54, 1.807) is 42.1 Å². The lowest BCUT2D eigenvalue weighted by Gasteiger charge is -2.09. The number of hydrazone groups is 1. The molecular formula is C24H25N5O4S. The minimum atomic E-state index is -0.586. The summed E-state index contributed by atoms with van der Waals surface area (Å²) in [5.41, 5.74) is 11.7. The first-order chi connectivity index (χ1) is 16.3. The highest BCUT2D eigenvalue weighted by Crippen LogP contribution is 2.27. The number of hydrogen-bond donors (Lipinski definition) is 2. The molecule has 0 spiro atoms. The van der Waals surface area contributed by atoms with Crippen molar-refractivity contribution in [3.05, 3.63) is 76.6 Å². The van der Waals surface area contributed by atoms with Gasteiger partial charge in [0.05, 0.1) is 13.3 Å². The summed E-state index contributed by atoms with van der Waals surface area (Å²) >= 11 is 1.55. The molecule has 0 aliphatic rings. The van der Waals surface area contributed by atoms with E-state index in [1.165, 1.54) is 13.3 Å². The van der Waals surface area contributed by atoms with Crippen LogP contribution in [0.15, 0.2) is 58.8 Å². The van der Waals surface area contributed by atoms with Crippen LogP contribution in [0.3, 0.4) is 0 Å². The second kappa shape index (κ2) is 11.8. The van der Waals surface area contributed by atoms with Gasteiger partial charge >= 0.3 is 0 Å². The van der Waals surface area contributed by atoms with Crippen molar-refractivity contribution in [1.29, 1.82) is 0 Å². The molecule has 34 heavy (non-hydrogen) atoms. The van der Waals surface area contributed by atoms with Crippen molar-refractivity contribution in [3.63, 3.8) is 0 Å². The standard InChI is InChI=1S/C24H25N5O4S/c1-15-10-16(2)28-24(27-15)34-14-17-4-7-19(8-5-17)23(31)29-26-12-18-6-9-20(21(11-18)32-3)33-13-22(25)30/h4-12H,13-14H2,1-3H3,(H2,25,30)(H,29,31)/b26-12+. The second-order valence-corrected chi connectivity index (χ2v) is 8.23. The van der Waals surface area contributed by atoms with Crippen molar-refractivity contribution in [2.45, 2.75) is 24.8 Å². The number of carbonyl (C=O) groups is 2. The molecule has 0 saturated heterocycles. The van der Waals surface area contributed by atoms with Gasteiger partial charge in [-0.3, -0.25) is 9.59 Å². The Balaban J connectivity index is 1.54. The summed E-state index contributed by atoms with van der Waals surface area (Å²) in [6.45, 7) is 3.64. The molecule has 3 rings (SSSR count). The van der Waals surface area contributed by atoms with E-state index in [2.05, 4.69) is 20.5 Å². The van der Waals surface area contributed by atoms with Crippen molar-refractivity contribution in [2.24, 2.45) is 10.8 Å². The third-order valence-electron chi connectivity index (χ3n) is 4.48. The predicted molar refractivity (Wildman–Crippen MR) is 130 cm³/mol. The molecule has 3 aromatic rings. The molecule has 0 saturated carbocycles.